The van der Waals surface area contributed by atoms with Crippen LogP contribution in [0.2, 0.25) is 0 Å². The molecule has 1 aromatic rings. The quantitative estimate of drug-likeness (QED) is 0.356. The number of rotatable bonds is 4. The van der Waals surface area contributed by atoms with Crippen molar-refractivity contribution in [3.63, 3.8) is 0 Å². The van der Waals surface area contributed by atoms with Gasteiger partial charge in [-0.05, 0) is 48.3 Å². The summed E-state index contributed by atoms with van der Waals surface area (Å²) in [5.41, 5.74) is 4.14. The summed E-state index contributed by atoms with van der Waals surface area (Å²) in [6.07, 6.45) is 0.0186. The molecule has 2 saturated heterocycles. The number of amides is 3. The summed E-state index contributed by atoms with van der Waals surface area (Å²) in [5.74, 6) is -2.23. The maximum absolute atomic E-state index is 13.5. The molecule has 5 atom stereocenters. The fraction of sp³-hybridized carbons (Fsp3) is 0.667. The molecule has 0 spiro atoms. The molecule has 10 heteroatoms. The Morgan fingerprint density at radius 1 is 1.00 bits per heavy atom. The summed E-state index contributed by atoms with van der Waals surface area (Å²) < 4.78 is 0. The van der Waals surface area contributed by atoms with Gasteiger partial charge in [-0.3, -0.25) is 14.8 Å². The summed E-state index contributed by atoms with van der Waals surface area (Å²) in [6, 6.07) is 7.76. The molecule has 4 N–H and O–H groups in total. The van der Waals surface area contributed by atoms with E-state index in [0.717, 1.165) is 5.69 Å². The van der Waals surface area contributed by atoms with Crippen molar-refractivity contribution in [2.24, 2.45) is 17.8 Å². The van der Waals surface area contributed by atoms with Gasteiger partial charge in [0.2, 0.25) is 11.8 Å². The van der Waals surface area contributed by atoms with Gasteiger partial charge in [0, 0.05) is 44.3 Å². The van der Waals surface area contributed by atoms with Crippen LogP contribution in [0.1, 0.15) is 52.0 Å². The second-order valence-corrected chi connectivity index (χ2v) is 11.7. The van der Waals surface area contributed by atoms with Crippen molar-refractivity contribution < 1.29 is 29.8 Å². The average molecular weight is 517 g/mol. The Morgan fingerprint density at radius 3 is 2.22 bits per heavy atom. The van der Waals surface area contributed by atoms with Crippen LogP contribution in [-0.2, 0) is 15.0 Å². The highest BCUT2D eigenvalue weighted by Gasteiger charge is 2.51. The van der Waals surface area contributed by atoms with E-state index in [2.05, 4.69) is 49.9 Å². The Labute approximate surface area is 218 Å². The Morgan fingerprint density at radius 2 is 1.65 bits per heavy atom. The van der Waals surface area contributed by atoms with Gasteiger partial charge in [-0.1, -0.05) is 39.3 Å². The second-order valence-electron chi connectivity index (χ2n) is 11.7. The topological polar surface area (TPSA) is 134 Å². The van der Waals surface area contributed by atoms with E-state index in [1.54, 1.807) is 10.4 Å². The molecule has 3 fully saturated rings. The number of hydrogen-bond acceptors (Lipinski definition) is 6. The Balaban J connectivity index is 1.40. The molecule has 204 valence electrons. The maximum Gasteiger partial charge on any atom is 0.407 e. The number of anilines is 1. The first kappa shape index (κ1) is 27.2. The number of aliphatic hydroxyl groups excluding tert-OH is 1. The third-order valence-corrected chi connectivity index (χ3v) is 8.45. The molecule has 3 unspecified atom stereocenters. The first-order valence-corrected chi connectivity index (χ1v) is 13.3. The van der Waals surface area contributed by atoms with Crippen molar-refractivity contribution in [1.82, 2.24) is 15.3 Å². The second kappa shape index (κ2) is 10.9. The largest absolute Gasteiger partial charge is 0.465 e. The van der Waals surface area contributed by atoms with Crippen molar-refractivity contribution >= 4 is 23.6 Å². The number of piperazine rings is 1. The minimum atomic E-state index is -1.17. The number of carbonyl (C=O) groups is 3. The van der Waals surface area contributed by atoms with Crippen LogP contribution in [0.15, 0.2) is 24.3 Å². The zero-order valence-electron chi connectivity index (χ0n) is 22.0. The van der Waals surface area contributed by atoms with Gasteiger partial charge in [0.1, 0.15) is 0 Å². The molecule has 2 aliphatic heterocycles. The fourth-order valence-electron chi connectivity index (χ4n) is 6.29. The van der Waals surface area contributed by atoms with E-state index in [-0.39, 0.29) is 23.8 Å². The molecule has 1 saturated carbocycles. The van der Waals surface area contributed by atoms with Gasteiger partial charge in [-0.15, -0.1) is 0 Å². The highest BCUT2D eigenvalue weighted by atomic mass is 16.5. The van der Waals surface area contributed by atoms with E-state index in [0.29, 0.717) is 51.9 Å². The SMILES string of the molecule is CC(C)(C)c1ccc(N2CCN(C(=O)[C@H]3CN(C(=O)O)C(C4CCCC(C(=O)NO)C4)[C@@H]3O)CC2)cc1. The number of likely N-dealkylation sites (tertiary alicyclic amines) is 1. The zero-order valence-corrected chi connectivity index (χ0v) is 22.0. The molecule has 0 bridgehead atoms. The lowest BCUT2D eigenvalue weighted by Crippen LogP contribution is -2.52. The van der Waals surface area contributed by atoms with Gasteiger partial charge in [0.05, 0.1) is 18.1 Å². The number of nitrogens with one attached hydrogen (secondary N) is 1. The smallest absolute Gasteiger partial charge is 0.407 e. The first-order chi connectivity index (χ1) is 17.5. The van der Waals surface area contributed by atoms with E-state index in [9.17, 15) is 24.6 Å². The molecule has 4 rings (SSSR count). The number of carbonyl (C=O) groups excluding carboxylic acids is 2. The van der Waals surface area contributed by atoms with Gasteiger partial charge in [-0.25, -0.2) is 10.3 Å². The van der Waals surface area contributed by atoms with Gasteiger partial charge in [0.25, 0.3) is 0 Å². The van der Waals surface area contributed by atoms with Gasteiger partial charge in [0.15, 0.2) is 0 Å². The van der Waals surface area contributed by atoms with Gasteiger partial charge in [-0.2, -0.15) is 0 Å². The third-order valence-electron chi connectivity index (χ3n) is 8.45. The zero-order chi connectivity index (χ0) is 26.9. The van der Waals surface area contributed by atoms with Crippen molar-refractivity contribution in [2.45, 2.75) is 64.0 Å². The molecule has 1 aliphatic carbocycles. The summed E-state index contributed by atoms with van der Waals surface area (Å²) in [4.78, 5) is 42.7. The first-order valence-electron chi connectivity index (χ1n) is 13.3. The number of benzene rings is 1. The van der Waals surface area contributed by atoms with E-state index in [1.165, 1.54) is 10.5 Å². The van der Waals surface area contributed by atoms with Crippen LogP contribution in [-0.4, -0.2) is 88.0 Å². The fourth-order valence-corrected chi connectivity index (χ4v) is 6.29. The monoisotopic (exact) mass is 516 g/mol. The lowest BCUT2D eigenvalue weighted by Gasteiger charge is -2.38. The molecular weight excluding hydrogens is 476 g/mol. The van der Waals surface area contributed by atoms with Crippen molar-refractivity contribution in [2.75, 3.05) is 37.6 Å². The van der Waals surface area contributed by atoms with Crippen LogP contribution < -0.4 is 10.4 Å². The van der Waals surface area contributed by atoms with Crippen LogP contribution in [0.25, 0.3) is 0 Å². The summed E-state index contributed by atoms with van der Waals surface area (Å²) in [6.45, 7) is 8.81. The molecule has 0 aromatic heterocycles. The maximum atomic E-state index is 13.5. The van der Waals surface area contributed by atoms with E-state index >= 15 is 0 Å². The number of nitrogens with zero attached hydrogens (tertiary/aromatic N) is 3. The number of hydrogen-bond donors (Lipinski definition) is 4. The third kappa shape index (κ3) is 5.70. The summed E-state index contributed by atoms with van der Waals surface area (Å²) in [5, 5.41) is 30.1. The highest BCUT2D eigenvalue weighted by molar-refractivity contribution is 5.82. The Hall–Kier alpha value is -2.85. The van der Waals surface area contributed by atoms with Crippen LogP contribution >= 0.6 is 0 Å². The van der Waals surface area contributed by atoms with Crippen LogP contribution in [0, 0.1) is 17.8 Å². The predicted molar refractivity (Wildman–Crippen MR) is 137 cm³/mol. The summed E-state index contributed by atoms with van der Waals surface area (Å²) in [7, 11) is 0. The van der Waals surface area contributed by atoms with Crippen molar-refractivity contribution in [1.29, 1.82) is 0 Å². The standard InChI is InChI=1S/C27H40N4O6/c1-27(2,3)19-7-9-20(10-8-19)29-11-13-30(14-12-29)25(34)21-16-31(26(35)36)22(23(21)32)17-5-4-6-18(15-17)24(33)28-37/h7-10,17-18,21-23,32,37H,4-6,11-16H2,1-3H3,(H,28,33)(H,35,36)/t17?,18?,21-,22?,23+/m0/s1. The normalized spacial score (nSPS) is 28.8. The predicted octanol–water partition coefficient (Wildman–Crippen LogP) is 2.28. The van der Waals surface area contributed by atoms with Crippen LogP contribution in [0.3, 0.4) is 0 Å². The Kier molecular flexibility index (Phi) is 7.99. The minimum Gasteiger partial charge on any atom is -0.465 e. The molecule has 10 nitrogen and oxygen atoms in total. The summed E-state index contributed by atoms with van der Waals surface area (Å²) >= 11 is 0. The van der Waals surface area contributed by atoms with Crippen LogP contribution in [0.5, 0.6) is 0 Å². The number of aliphatic hydroxyl groups is 1. The van der Waals surface area contributed by atoms with Gasteiger partial charge < -0.3 is 24.9 Å². The van der Waals surface area contributed by atoms with E-state index < -0.39 is 36.0 Å². The van der Waals surface area contributed by atoms with Crippen molar-refractivity contribution in [3.05, 3.63) is 29.8 Å². The molecule has 37 heavy (non-hydrogen) atoms. The van der Waals surface area contributed by atoms with Gasteiger partial charge >= 0.3 is 6.09 Å². The lowest BCUT2D eigenvalue weighted by atomic mass is 9.75. The minimum absolute atomic E-state index is 0.0537. The Bertz CT molecular complexity index is 986. The lowest BCUT2D eigenvalue weighted by molar-refractivity contribution is -0.139. The molecular formula is C27H40N4O6. The van der Waals surface area contributed by atoms with E-state index in [1.807, 2.05) is 0 Å². The van der Waals surface area contributed by atoms with E-state index in [4.69, 9.17) is 5.21 Å². The molecule has 3 amide bonds. The van der Waals surface area contributed by atoms with Crippen molar-refractivity contribution in [3.8, 4) is 0 Å². The average Bonchev–Trinajstić information content (AvgIpc) is 3.24. The number of carboxylic acid groups (broad SMARTS) is 1. The molecule has 2 heterocycles. The number of hydroxylamine groups is 1. The molecule has 0 radical (unpaired) electrons. The molecule has 1 aromatic carbocycles. The molecule has 3 aliphatic rings. The highest BCUT2D eigenvalue weighted by Crippen LogP contribution is 2.39. The van der Waals surface area contributed by atoms with Crippen LogP contribution in [0.4, 0.5) is 10.5 Å².